The highest BCUT2D eigenvalue weighted by molar-refractivity contribution is 7.15. The average molecular weight is 261 g/mol. The van der Waals surface area contributed by atoms with Crippen molar-refractivity contribution < 1.29 is 0 Å². The Bertz CT molecular complexity index is 649. The standard InChI is InChI=1S/C12H15N5S/c1-8-5-11(16(2)15-8)10(13)6-9-7-17-3-4-18-12(17)14-9/h3-5,7,10H,6,13H2,1-2H3. The van der Waals surface area contributed by atoms with Crippen molar-refractivity contribution in [3.8, 4) is 0 Å². The van der Waals surface area contributed by atoms with Crippen LogP contribution in [0.25, 0.3) is 4.96 Å². The number of nitrogens with two attached hydrogens (primary N) is 1. The van der Waals surface area contributed by atoms with E-state index in [0.29, 0.717) is 0 Å². The molecule has 3 aromatic heterocycles. The largest absolute Gasteiger partial charge is 0.322 e. The molecule has 0 aliphatic carbocycles. The van der Waals surface area contributed by atoms with Gasteiger partial charge in [-0.2, -0.15) is 5.10 Å². The molecule has 18 heavy (non-hydrogen) atoms. The van der Waals surface area contributed by atoms with Crippen LogP contribution in [0.5, 0.6) is 0 Å². The molecule has 2 N–H and O–H groups in total. The van der Waals surface area contributed by atoms with Gasteiger partial charge in [-0.05, 0) is 13.0 Å². The Morgan fingerprint density at radius 3 is 3.00 bits per heavy atom. The third-order valence-corrected chi connectivity index (χ3v) is 3.76. The Balaban J connectivity index is 1.83. The van der Waals surface area contributed by atoms with Gasteiger partial charge in [-0.25, -0.2) is 4.98 Å². The summed E-state index contributed by atoms with van der Waals surface area (Å²) >= 11 is 1.63. The highest BCUT2D eigenvalue weighted by Gasteiger charge is 2.14. The number of rotatable bonds is 3. The Morgan fingerprint density at radius 2 is 2.33 bits per heavy atom. The smallest absolute Gasteiger partial charge is 0.193 e. The van der Waals surface area contributed by atoms with Crippen molar-refractivity contribution in [2.24, 2.45) is 12.8 Å². The summed E-state index contributed by atoms with van der Waals surface area (Å²) in [5.74, 6) is 0. The van der Waals surface area contributed by atoms with E-state index < -0.39 is 0 Å². The van der Waals surface area contributed by atoms with E-state index in [1.54, 1.807) is 11.3 Å². The lowest BCUT2D eigenvalue weighted by atomic mass is 10.1. The molecule has 6 heteroatoms. The summed E-state index contributed by atoms with van der Waals surface area (Å²) in [4.78, 5) is 5.56. The van der Waals surface area contributed by atoms with Crippen LogP contribution in [0.2, 0.25) is 0 Å². The van der Waals surface area contributed by atoms with Crippen molar-refractivity contribution in [1.29, 1.82) is 0 Å². The molecule has 5 nitrogen and oxygen atoms in total. The Labute approximate surface area is 109 Å². The van der Waals surface area contributed by atoms with Crippen LogP contribution in [-0.4, -0.2) is 19.2 Å². The highest BCUT2D eigenvalue weighted by atomic mass is 32.1. The molecular weight excluding hydrogens is 246 g/mol. The van der Waals surface area contributed by atoms with E-state index in [9.17, 15) is 0 Å². The minimum atomic E-state index is -0.0687. The van der Waals surface area contributed by atoms with Gasteiger partial charge >= 0.3 is 0 Å². The molecule has 0 bridgehead atoms. The lowest BCUT2D eigenvalue weighted by Crippen LogP contribution is -2.17. The van der Waals surface area contributed by atoms with E-state index in [1.807, 2.05) is 46.9 Å². The molecule has 3 rings (SSSR count). The van der Waals surface area contributed by atoms with E-state index in [0.717, 1.165) is 28.5 Å². The molecule has 3 heterocycles. The lowest BCUT2D eigenvalue weighted by Gasteiger charge is -2.09. The van der Waals surface area contributed by atoms with Crippen LogP contribution in [0.15, 0.2) is 23.8 Å². The van der Waals surface area contributed by atoms with Gasteiger partial charge in [-0.1, -0.05) is 0 Å². The molecule has 0 aliphatic rings. The fourth-order valence-corrected chi connectivity index (χ4v) is 2.90. The second-order valence-electron chi connectivity index (χ2n) is 4.47. The van der Waals surface area contributed by atoms with Crippen LogP contribution in [0.3, 0.4) is 0 Å². The molecular formula is C12H15N5S. The van der Waals surface area contributed by atoms with Crippen molar-refractivity contribution in [1.82, 2.24) is 19.2 Å². The van der Waals surface area contributed by atoms with Gasteiger partial charge in [-0.3, -0.25) is 9.08 Å². The van der Waals surface area contributed by atoms with E-state index in [-0.39, 0.29) is 6.04 Å². The quantitative estimate of drug-likeness (QED) is 0.780. The van der Waals surface area contributed by atoms with Gasteiger partial charge in [0.1, 0.15) is 0 Å². The molecule has 3 aromatic rings. The van der Waals surface area contributed by atoms with Crippen molar-refractivity contribution in [3.63, 3.8) is 0 Å². The first-order valence-electron chi connectivity index (χ1n) is 5.80. The zero-order chi connectivity index (χ0) is 12.7. The third kappa shape index (κ3) is 1.93. The van der Waals surface area contributed by atoms with Crippen LogP contribution in [0.1, 0.15) is 23.1 Å². The van der Waals surface area contributed by atoms with Crippen LogP contribution in [0.4, 0.5) is 0 Å². The summed E-state index contributed by atoms with van der Waals surface area (Å²) in [6, 6.07) is 1.96. The number of thiazole rings is 1. The van der Waals surface area contributed by atoms with Crippen molar-refractivity contribution in [2.75, 3.05) is 0 Å². The third-order valence-electron chi connectivity index (χ3n) is 2.99. The first kappa shape index (κ1) is 11.4. The average Bonchev–Trinajstić information content (AvgIpc) is 2.92. The predicted octanol–water partition coefficient (Wildman–Crippen LogP) is 1.68. The first-order chi connectivity index (χ1) is 8.63. The topological polar surface area (TPSA) is 61.1 Å². The fraction of sp³-hybridized carbons (Fsp3) is 0.333. The summed E-state index contributed by atoms with van der Waals surface area (Å²) in [5.41, 5.74) is 9.29. The number of hydrogen-bond donors (Lipinski definition) is 1. The predicted molar refractivity (Wildman–Crippen MR) is 71.6 cm³/mol. The molecule has 0 amide bonds. The molecule has 0 aromatic carbocycles. The summed E-state index contributed by atoms with van der Waals surface area (Å²) < 4.78 is 3.87. The molecule has 94 valence electrons. The number of nitrogens with zero attached hydrogens (tertiary/aromatic N) is 4. The number of imidazole rings is 1. The highest BCUT2D eigenvalue weighted by Crippen LogP contribution is 2.18. The van der Waals surface area contributed by atoms with E-state index in [1.165, 1.54) is 0 Å². The van der Waals surface area contributed by atoms with Crippen molar-refractivity contribution in [2.45, 2.75) is 19.4 Å². The lowest BCUT2D eigenvalue weighted by molar-refractivity contribution is 0.611. The molecule has 0 spiro atoms. The number of hydrogen-bond acceptors (Lipinski definition) is 4. The van der Waals surface area contributed by atoms with Crippen LogP contribution in [-0.2, 0) is 13.5 Å². The molecule has 0 saturated carbocycles. The minimum absolute atomic E-state index is 0.0687. The maximum atomic E-state index is 6.23. The summed E-state index contributed by atoms with van der Waals surface area (Å²) in [5, 5.41) is 6.34. The number of aromatic nitrogens is 4. The van der Waals surface area contributed by atoms with Crippen LogP contribution < -0.4 is 5.73 Å². The maximum Gasteiger partial charge on any atom is 0.193 e. The zero-order valence-corrected chi connectivity index (χ0v) is 11.2. The van der Waals surface area contributed by atoms with Gasteiger partial charge in [-0.15, -0.1) is 11.3 Å². The molecule has 0 aliphatic heterocycles. The Hall–Kier alpha value is -1.66. The Kier molecular flexibility index (Phi) is 2.68. The molecule has 0 radical (unpaired) electrons. The summed E-state index contributed by atoms with van der Waals surface area (Å²) in [6.07, 6.45) is 4.78. The minimum Gasteiger partial charge on any atom is -0.322 e. The SMILES string of the molecule is Cc1cc(C(N)Cc2cn3ccsc3n2)n(C)n1. The van der Waals surface area contributed by atoms with Gasteiger partial charge in [0, 0.05) is 31.2 Å². The van der Waals surface area contributed by atoms with E-state index >= 15 is 0 Å². The van der Waals surface area contributed by atoms with Gasteiger partial charge in [0.2, 0.25) is 0 Å². The van der Waals surface area contributed by atoms with Gasteiger partial charge in [0.05, 0.1) is 23.1 Å². The van der Waals surface area contributed by atoms with Crippen LogP contribution in [0, 0.1) is 6.92 Å². The number of fused-ring (bicyclic) bond motifs is 1. The normalized spacial score (nSPS) is 13.3. The number of aryl methyl sites for hydroxylation is 2. The second kappa shape index (κ2) is 4.22. The van der Waals surface area contributed by atoms with E-state index in [4.69, 9.17) is 5.73 Å². The maximum absolute atomic E-state index is 6.23. The molecule has 1 atom stereocenters. The summed E-state index contributed by atoms with van der Waals surface area (Å²) in [6.45, 7) is 1.98. The molecule has 0 saturated heterocycles. The first-order valence-corrected chi connectivity index (χ1v) is 6.68. The Morgan fingerprint density at radius 1 is 1.50 bits per heavy atom. The van der Waals surface area contributed by atoms with E-state index in [2.05, 4.69) is 10.1 Å². The molecule has 0 fully saturated rings. The monoisotopic (exact) mass is 261 g/mol. The van der Waals surface area contributed by atoms with Gasteiger partial charge in [0.25, 0.3) is 0 Å². The zero-order valence-electron chi connectivity index (χ0n) is 10.4. The van der Waals surface area contributed by atoms with Gasteiger partial charge in [0.15, 0.2) is 4.96 Å². The van der Waals surface area contributed by atoms with Crippen LogP contribution >= 0.6 is 11.3 Å². The second-order valence-corrected chi connectivity index (χ2v) is 5.34. The summed E-state index contributed by atoms with van der Waals surface area (Å²) in [7, 11) is 1.92. The van der Waals surface area contributed by atoms with Crippen molar-refractivity contribution >= 4 is 16.3 Å². The fourth-order valence-electron chi connectivity index (χ4n) is 2.18. The van der Waals surface area contributed by atoms with Crippen molar-refractivity contribution in [3.05, 3.63) is 40.9 Å². The molecule has 1 unspecified atom stereocenters. The van der Waals surface area contributed by atoms with Gasteiger partial charge < -0.3 is 5.73 Å².